The molecule has 0 aliphatic heterocycles. The van der Waals surface area contributed by atoms with Gasteiger partial charge >= 0.3 is 0 Å². The summed E-state index contributed by atoms with van der Waals surface area (Å²) in [4.78, 5) is 19.1. The summed E-state index contributed by atoms with van der Waals surface area (Å²) in [5.74, 6) is 0.767. The molecule has 1 heterocycles. The van der Waals surface area contributed by atoms with Crippen LogP contribution in [0.1, 0.15) is 43.2 Å². The number of aromatic nitrogens is 1. The van der Waals surface area contributed by atoms with Crippen LogP contribution in [0, 0.1) is 0 Å². The molecule has 5 heteroatoms. The third-order valence-corrected chi connectivity index (χ3v) is 3.66. The first-order chi connectivity index (χ1) is 10.1. The van der Waals surface area contributed by atoms with E-state index in [-0.39, 0.29) is 11.9 Å². The molecule has 1 aromatic heterocycles. The fourth-order valence-corrected chi connectivity index (χ4v) is 2.12. The second kappa shape index (κ2) is 8.62. The maximum Gasteiger partial charge on any atom is 0.254 e. The summed E-state index contributed by atoms with van der Waals surface area (Å²) in [7, 11) is 3.47. The highest BCUT2D eigenvalue weighted by atomic mass is 16.5. The van der Waals surface area contributed by atoms with Gasteiger partial charge in [-0.3, -0.25) is 4.79 Å². The lowest BCUT2D eigenvalue weighted by molar-refractivity contribution is 0.0614. The summed E-state index contributed by atoms with van der Waals surface area (Å²) in [5.41, 5.74) is 1.60. The molecule has 21 heavy (non-hydrogen) atoms. The lowest BCUT2D eigenvalue weighted by Gasteiger charge is -2.28. The predicted molar refractivity (Wildman–Crippen MR) is 85.8 cm³/mol. The first-order valence-electron chi connectivity index (χ1n) is 7.55. The Balaban J connectivity index is 3.06. The Bertz CT molecular complexity index is 441. The lowest BCUT2D eigenvalue weighted by atomic mass is 10.1. The van der Waals surface area contributed by atoms with Gasteiger partial charge in [-0.1, -0.05) is 13.8 Å². The van der Waals surface area contributed by atoms with Crippen LogP contribution >= 0.6 is 0 Å². The molecule has 1 rings (SSSR count). The first-order valence-corrected chi connectivity index (χ1v) is 7.55. The number of carbonyl (C=O) groups excluding carboxylic acids is 1. The zero-order chi connectivity index (χ0) is 15.8. The molecule has 0 spiro atoms. The fourth-order valence-electron chi connectivity index (χ4n) is 2.12. The summed E-state index contributed by atoms with van der Waals surface area (Å²) in [5, 5.41) is 3.02. The van der Waals surface area contributed by atoms with Crippen molar-refractivity contribution in [2.24, 2.45) is 0 Å². The van der Waals surface area contributed by atoms with E-state index in [2.05, 4.69) is 24.1 Å². The normalized spacial score (nSPS) is 12.0. The van der Waals surface area contributed by atoms with Gasteiger partial charge in [-0.15, -0.1) is 0 Å². The number of amides is 1. The van der Waals surface area contributed by atoms with Gasteiger partial charge in [-0.2, -0.15) is 0 Å². The van der Waals surface area contributed by atoms with Gasteiger partial charge in [0.05, 0.1) is 6.61 Å². The summed E-state index contributed by atoms with van der Waals surface area (Å²) >= 11 is 0. The lowest BCUT2D eigenvalue weighted by Crippen LogP contribution is -2.40. The molecule has 0 fully saturated rings. The van der Waals surface area contributed by atoms with E-state index in [0.29, 0.717) is 18.7 Å². The minimum absolute atomic E-state index is 0.0370. The monoisotopic (exact) mass is 293 g/mol. The van der Waals surface area contributed by atoms with Gasteiger partial charge in [0.15, 0.2) is 0 Å². The van der Waals surface area contributed by atoms with E-state index in [9.17, 15) is 4.79 Å². The molecule has 0 radical (unpaired) electrons. The Kier molecular flexibility index (Phi) is 7.15. The molecule has 1 unspecified atom stereocenters. The molecule has 0 saturated heterocycles. The summed E-state index contributed by atoms with van der Waals surface area (Å²) in [6, 6.07) is 3.87. The number of pyridine rings is 1. The van der Waals surface area contributed by atoms with Crippen molar-refractivity contribution in [1.29, 1.82) is 0 Å². The summed E-state index contributed by atoms with van der Waals surface area (Å²) in [6.07, 6.45) is 1.72. The average Bonchev–Trinajstić information content (AvgIpc) is 2.53. The number of anilines is 1. The van der Waals surface area contributed by atoms with Gasteiger partial charge in [0, 0.05) is 38.0 Å². The predicted octanol–water partition coefficient (Wildman–Crippen LogP) is 2.57. The molecule has 118 valence electrons. The quantitative estimate of drug-likeness (QED) is 0.800. The minimum Gasteiger partial charge on any atom is -0.383 e. The molecular formula is C16H27N3O2. The molecule has 1 aromatic rings. The molecule has 1 atom stereocenters. The Hall–Kier alpha value is -1.62. The number of nitrogens with zero attached hydrogens (tertiary/aromatic N) is 2. The Morgan fingerprint density at radius 2 is 2.14 bits per heavy atom. The van der Waals surface area contributed by atoms with Crippen LogP contribution in [0.3, 0.4) is 0 Å². The number of nitrogens with one attached hydrogen (secondary N) is 1. The van der Waals surface area contributed by atoms with E-state index in [0.717, 1.165) is 24.4 Å². The third-order valence-electron chi connectivity index (χ3n) is 3.66. The van der Waals surface area contributed by atoms with E-state index in [1.165, 1.54) is 0 Å². The molecule has 0 aromatic carbocycles. The van der Waals surface area contributed by atoms with E-state index in [4.69, 9.17) is 4.74 Å². The van der Waals surface area contributed by atoms with Crippen molar-refractivity contribution in [3.63, 3.8) is 0 Å². The minimum atomic E-state index is 0.0370. The first kappa shape index (κ1) is 17.4. The molecule has 0 saturated carbocycles. The number of aryl methyl sites for hydroxylation is 1. The molecule has 1 amide bonds. The Labute approximate surface area is 127 Å². The topological polar surface area (TPSA) is 54.5 Å². The van der Waals surface area contributed by atoms with Gasteiger partial charge < -0.3 is 15.0 Å². The third kappa shape index (κ3) is 4.70. The highest BCUT2D eigenvalue weighted by Gasteiger charge is 2.21. The van der Waals surface area contributed by atoms with Crippen molar-refractivity contribution in [2.75, 3.05) is 32.6 Å². The zero-order valence-electron chi connectivity index (χ0n) is 13.8. The van der Waals surface area contributed by atoms with Gasteiger partial charge in [0.25, 0.3) is 5.91 Å². The fraction of sp³-hybridized carbons (Fsp3) is 0.625. The van der Waals surface area contributed by atoms with Crippen molar-refractivity contribution in [1.82, 2.24) is 9.88 Å². The zero-order valence-corrected chi connectivity index (χ0v) is 13.8. The summed E-state index contributed by atoms with van der Waals surface area (Å²) in [6.45, 7) is 7.33. The van der Waals surface area contributed by atoms with Crippen LogP contribution in [0.2, 0.25) is 0 Å². The number of rotatable bonds is 8. The highest BCUT2D eigenvalue weighted by molar-refractivity contribution is 5.95. The number of hydrogen-bond acceptors (Lipinski definition) is 4. The second-order valence-corrected chi connectivity index (χ2v) is 5.08. The number of methoxy groups -OCH3 is 1. The largest absolute Gasteiger partial charge is 0.383 e. The molecule has 0 aliphatic rings. The molecular weight excluding hydrogens is 266 g/mol. The molecule has 0 bridgehead atoms. The number of ether oxygens (including phenoxy) is 1. The molecule has 0 aliphatic carbocycles. The van der Waals surface area contributed by atoms with Crippen LogP contribution < -0.4 is 5.32 Å². The van der Waals surface area contributed by atoms with Gasteiger partial charge in [0.2, 0.25) is 0 Å². The van der Waals surface area contributed by atoms with Crippen LogP contribution in [0.4, 0.5) is 5.82 Å². The van der Waals surface area contributed by atoms with Crippen LogP contribution in [0.5, 0.6) is 0 Å². The van der Waals surface area contributed by atoms with Crippen molar-refractivity contribution >= 4 is 11.7 Å². The molecule has 1 N–H and O–H groups in total. The second-order valence-electron chi connectivity index (χ2n) is 5.08. The van der Waals surface area contributed by atoms with Crippen molar-refractivity contribution in [3.05, 3.63) is 23.4 Å². The van der Waals surface area contributed by atoms with E-state index >= 15 is 0 Å². The molecule has 5 nitrogen and oxygen atoms in total. The maximum absolute atomic E-state index is 12.8. The van der Waals surface area contributed by atoms with E-state index in [1.807, 2.05) is 31.0 Å². The number of carbonyl (C=O) groups is 1. The van der Waals surface area contributed by atoms with Crippen molar-refractivity contribution in [3.8, 4) is 0 Å². The Morgan fingerprint density at radius 1 is 1.43 bits per heavy atom. The van der Waals surface area contributed by atoms with Gasteiger partial charge in [-0.05, 0) is 31.9 Å². The standard InChI is InChI=1S/C16H27N3O2/c1-6-12(3)19(8-9-21-5)16(20)13-10-14(7-2)18-15(11-13)17-4/h10-12H,6-9H2,1-5H3,(H,17,18). The van der Waals surface area contributed by atoms with Crippen LogP contribution in [0.25, 0.3) is 0 Å². The highest BCUT2D eigenvalue weighted by Crippen LogP contribution is 2.15. The van der Waals surface area contributed by atoms with Crippen molar-refractivity contribution < 1.29 is 9.53 Å². The van der Waals surface area contributed by atoms with Crippen molar-refractivity contribution in [2.45, 2.75) is 39.7 Å². The van der Waals surface area contributed by atoms with Gasteiger partial charge in [0.1, 0.15) is 5.82 Å². The SMILES string of the molecule is CCc1cc(C(=O)N(CCOC)C(C)CC)cc(NC)n1. The van der Waals surface area contributed by atoms with Crippen LogP contribution in [-0.2, 0) is 11.2 Å². The number of hydrogen-bond donors (Lipinski definition) is 1. The van der Waals surface area contributed by atoms with Crippen LogP contribution in [-0.4, -0.2) is 49.1 Å². The van der Waals surface area contributed by atoms with E-state index < -0.39 is 0 Å². The average molecular weight is 293 g/mol. The smallest absolute Gasteiger partial charge is 0.254 e. The van der Waals surface area contributed by atoms with Gasteiger partial charge in [-0.25, -0.2) is 4.98 Å². The summed E-state index contributed by atoms with van der Waals surface area (Å²) < 4.78 is 5.12. The Morgan fingerprint density at radius 3 is 2.67 bits per heavy atom. The van der Waals surface area contributed by atoms with Crippen LogP contribution in [0.15, 0.2) is 12.1 Å². The van der Waals surface area contributed by atoms with E-state index in [1.54, 1.807) is 7.11 Å². The maximum atomic E-state index is 12.8.